The van der Waals surface area contributed by atoms with E-state index in [9.17, 15) is 18.0 Å². The van der Waals surface area contributed by atoms with Gasteiger partial charge < -0.3 is 10.4 Å². The fourth-order valence-corrected chi connectivity index (χ4v) is 1.78. The van der Waals surface area contributed by atoms with Crippen molar-refractivity contribution < 1.29 is 23.1 Å². The van der Waals surface area contributed by atoms with Gasteiger partial charge in [0.2, 0.25) is 6.43 Å². The van der Waals surface area contributed by atoms with Crippen molar-refractivity contribution in [2.45, 2.75) is 43.8 Å². The Labute approximate surface area is 85.7 Å². The van der Waals surface area contributed by atoms with Crippen LogP contribution in [0.3, 0.4) is 0 Å². The molecule has 0 spiro atoms. The molecule has 0 saturated carbocycles. The Balaban J connectivity index is 2.48. The molecule has 0 aromatic carbocycles. The minimum atomic E-state index is -2.53. The number of nitrogens with one attached hydrogen (secondary N) is 1. The second-order valence-electron chi connectivity index (χ2n) is 3.88. The third-order valence-corrected chi connectivity index (χ3v) is 2.64. The van der Waals surface area contributed by atoms with Crippen LogP contribution in [-0.4, -0.2) is 35.8 Å². The van der Waals surface area contributed by atoms with Gasteiger partial charge >= 0.3 is 5.97 Å². The molecule has 0 aromatic rings. The summed E-state index contributed by atoms with van der Waals surface area (Å²) in [5.74, 6) is -1.13. The zero-order valence-corrected chi connectivity index (χ0v) is 8.18. The molecule has 1 heterocycles. The molecule has 0 radical (unpaired) electrons. The molecule has 0 aliphatic carbocycles. The average Bonchev–Trinajstić information content (AvgIpc) is 2.15. The predicted octanol–water partition coefficient (Wildman–Crippen LogP) is 1.58. The van der Waals surface area contributed by atoms with E-state index in [0.717, 1.165) is 0 Å². The summed E-state index contributed by atoms with van der Waals surface area (Å²) in [6.45, 7) is 0.219. The first-order valence-corrected chi connectivity index (χ1v) is 4.86. The van der Waals surface area contributed by atoms with E-state index in [2.05, 4.69) is 5.32 Å². The molecular formula is C9H14F3NO2. The smallest absolute Gasteiger partial charge is 0.320 e. The molecule has 1 fully saturated rings. The van der Waals surface area contributed by atoms with Crippen molar-refractivity contribution >= 4 is 5.97 Å². The Morgan fingerprint density at radius 3 is 2.80 bits per heavy atom. The molecule has 1 rings (SSSR count). The minimum absolute atomic E-state index is 0.101. The average molecular weight is 225 g/mol. The molecule has 2 N–H and O–H groups in total. The third kappa shape index (κ3) is 3.70. The molecule has 1 saturated heterocycles. The Hall–Kier alpha value is -0.780. The highest BCUT2D eigenvalue weighted by Gasteiger charge is 2.39. The van der Waals surface area contributed by atoms with Gasteiger partial charge in [-0.25, -0.2) is 13.2 Å². The first-order valence-electron chi connectivity index (χ1n) is 4.86. The van der Waals surface area contributed by atoms with Crippen LogP contribution in [0.4, 0.5) is 13.2 Å². The molecule has 1 aliphatic heterocycles. The van der Waals surface area contributed by atoms with Crippen molar-refractivity contribution in [3.63, 3.8) is 0 Å². The minimum Gasteiger partial charge on any atom is -0.480 e. The molecule has 0 aromatic heterocycles. The SMILES string of the molecule is O=C(O)C1CC(F)(CCC(F)F)CCN1. The van der Waals surface area contributed by atoms with Gasteiger partial charge in [0.05, 0.1) is 0 Å². The summed E-state index contributed by atoms with van der Waals surface area (Å²) in [4.78, 5) is 10.6. The monoisotopic (exact) mass is 225 g/mol. The number of aliphatic carboxylic acids is 1. The van der Waals surface area contributed by atoms with Crippen molar-refractivity contribution in [3.05, 3.63) is 0 Å². The van der Waals surface area contributed by atoms with Gasteiger partial charge in [0.15, 0.2) is 0 Å². The molecule has 6 heteroatoms. The van der Waals surface area contributed by atoms with Crippen LogP contribution >= 0.6 is 0 Å². The van der Waals surface area contributed by atoms with E-state index in [-0.39, 0.29) is 25.8 Å². The van der Waals surface area contributed by atoms with Gasteiger partial charge in [-0.1, -0.05) is 0 Å². The number of hydrogen-bond acceptors (Lipinski definition) is 2. The number of piperidine rings is 1. The van der Waals surface area contributed by atoms with Crippen LogP contribution in [0.1, 0.15) is 25.7 Å². The fourth-order valence-electron chi connectivity index (χ4n) is 1.78. The Bertz CT molecular complexity index is 237. The standard InChI is InChI=1S/C9H14F3NO2/c10-7(11)1-2-9(12)3-4-13-6(5-9)8(14)15/h6-7,13H,1-5H2,(H,14,15). The summed E-state index contributed by atoms with van der Waals surface area (Å²) in [6, 6.07) is -0.957. The van der Waals surface area contributed by atoms with Gasteiger partial charge in [-0.05, 0) is 19.4 Å². The maximum Gasteiger partial charge on any atom is 0.320 e. The highest BCUT2D eigenvalue weighted by atomic mass is 19.3. The maximum absolute atomic E-state index is 13.9. The molecule has 3 nitrogen and oxygen atoms in total. The van der Waals surface area contributed by atoms with E-state index in [1.54, 1.807) is 0 Å². The lowest BCUT2D eigenvalue weighted by molar-refractivity contribution is -0.141. The highest BCUT2D eigenvalue weighted by Crippen LogP contribution is 2.32. The number of hydrogen-bond donors (Lipinski definition) is 2. The number of carboxylic acids is 1. The van der Waals surface area contributed by atoms with Crippen LogP contribution in [0.25, 0.3) is 0 Å². The normalized spacial score (nSPS) is 31.9. The fraction of sp³-hybridized carbons (Fsp3) is 0.889. The van der Waals surface area contributed by atoms with Gasteiger partial charge in [0, 0.05) is 12.8 Å². The summed E-state index contributed by atoms with van der Waals surface area (Å²) >= 11 is 0. The summed E-state index contributed by atoms with van der Waals surface area (Å²) in [5.41, 5.74) is -1.76. The largest absolute Gasteiger partial charge is 0.480 e. The van der Waals surface area contributed by atoms with Gasteiger partial charge in [-0.2, -0.15) is 0 Å². The molecular weight excluding hydrogens is 211 g/mol. The lowest BCUT2D eigenvalue weighted by Crippen LogP contribution is -2.49. The van der Waals surface area contributed by atoms with E-state index in [1.807, 2.05) is 0 Å². The van der Waals surface area contributed by atoms with Crippen molar-refractivity contribution in [2.24, 2.45) is 0 Å². The van der Waals surface area contributed by atoms with E-state index in [4.69, 9.17) is 5.11 Å². The molecule has 1 aliphatic rings. The number of alkyl halides is 3. The molecule has 0 amide bonds. The first kappa shape index (κ1) is 12.3. The van der Waals surface area contributed by atoms with Gasteiger partial charge in [-0.15, -0.1) is 0 Å². The summed E-state index contributed by atoms with van der Waals surface area (Å²) < 4.78 is 37.7. The van der Waals surface area contributed by atoms with Gasteiger partial charge in [-0.3, -0.25) is 4.79 Å². The second-order valence-corrected chi connectivity index (χ2v) is 3.88. The van der Waals surface area contributed by atoms with Gasteiger partial charge in [0.1, 0.15) is 11.7 Å². The first-order chi connectivity index (χ1) is 6.93. The Morgan fingerprint density at radius 1 is 1.60 bits per heavy atom. The number of carboxylic acid groups (broad SMARTS) is 1. The van der Waals surface area contributed by atoms with E-state index in [0.29, 0.717) is 0 Å². The molecule has 2 atom stereocenters. The number of halogens is 3. The second kappa shape index (κ2) is 4.83. The molecule has 15 heavy (non-hydrogen) atoms. The summed E-state index contributed by atoms with van der Waals surface area (Å²) in [7, 11) is 0. The van der Waals surface area contributed by atoms with E-state index < -0.39 is 30.5 Å². The maximum atomic E-state index is 13.9. The van der Waals surface area contributed by atoms with E-state index >= 15 is 0 Å². The zero-order chi connectivity index (χ0) is 11.5. The van der Waals surface area contributed by atoms with Crippen molar-refractivity contribution in [1.82, 2.24) is 5.32 Å². The number of rotatable bonds is 4. The highest BCUT2D eigenvalue weighted by molar-refractivity contribution is 5.73. The summed E-state index contributed by atoms with van der Waals surface area (Å²) in [5, 5.41) is 11.3. The van der Waals surface area contributed by atoms with Crippen LogP contribution in [0.15, 0.2) is 0 Å². The zero-order valence-electron chi connectivity index (χ0n) is 8.18. The van der Waals surface area contributed by atoms with E-state index in [1.165, 1.54) is 0 Å². The topological polar surface area (TPSA) is 49.3 Å². The Kier molecular flexibility index (Phi) is 3.96. The van der Waals surface area contributed by atoms with Gasteiger partial charge in [0.25, 0.3) is 0 Å². The third-order valence-electron chi connectivity index (χ3n) is 2.64. The van der Waals surface area contributed by atoms with Crippen molar-refractivity contribution in [2.75, 3.05) is 6.54 Å². The molecule has 88 valence electrons. The number of carbonyl (C=O) groups is 1. The lowest BCUT2D eigenvalue weighted by Gasteiger charge is -2.33. The van der Waals surface area contributed by atoms with Crippen LogP contribution in [-0.2, 0) is 4.79 Å². The molecule has 0 bridgehead atoms. The van der Waals surface area contributed by atoms with Crippen molar-refractivity contribution in [3.8, 4) is 0 Å². The van der Waals surface area contributed by atoms with Crippen LogP contribution < -0.4 is 5.32 Å². The lowest BCUT2D eigenvalue weighted by atomic mass is 9.85. The quantitative estimate of drug-likeness (QED) is 0.763. The van der Waals surface area contributed by atoms with Crippen molar-refractivity contribution in [1.29, 1.82) is 0 Å². The van der Waals surface area contributed by atoms with Crippen LogP contribution in [0, 0.1) is 0 Å². The van der Waals surface area contributed by atoms with Crippen LogP contribution in [0.2, 0.25) is 0 Å². The summed E-state index contributed by atoms with van der Waals surface area (Å²) in [6.07, 6.45) is -3.44. The predicted molar refractivity (Wildman–Crippen MR) is 47.7 cm³/mol. The Morgan fingerprint density at radius 2 is 2.27 bits per heavy atom. The molecule has 2 unspecified atom stereocenters. The van der Waals surface area contributed by atoms with Crippen LogP contribution in [0.5, 0.6) is 0 Å².